The number of hydrogen-bond acceptors (Lipinski definition) is 7. The normalized spacial score (nSPS) is 15.0. The standard InChI is InChI=1S/C32H37F3N4O4S/c1-42-24-14-10-23(11-15-24)39-30(41)27-21-38(18-16-28(27)37-31(39)44-26-6-5-7-26)29(40)20-36-17-3-2-4-19-43-25-12-8-22(9-13-25)32(33,34)35/h8-15,26,36H,2-7,16-21H2,1H3. The minimum atomic E-state index is -4.36. The lowest BCUT2D eigenvalue weighted by Gasteiger charge is -2.30. The maximum atomic E-state index is 13.8. The van der Waals surface area contributed by atoms with Crippen molar-refractivity contribution in [1.82, 2.24) is 19.8 Å². The summed E-state index contributed by atoms with van der Waals surface area (Å²) in [5, 5.41) is 4.35. The second kappa shape index (κ2) is 14.5. The number of carbonyl (C=O) groups excluding carboxylic acids is 1. The third-order valence-corrected chi connectivity index (χ3v) is 9.22. The predicted octanol–water partition coefficient (Wildman–Crippen LogP) is 5.63. The van der Waals surface area contributed by atoms with Gasteiger partial charge in [0.25, 0.3) is 5.56 Å². The number of benzene rings is 2. The molecule has 0 unspecified atom stereocenters. The predicted molar refractivity (Wildman–Crippen MR) is 163 cm³/mol. The van der Waals surface area contributed by atoms with Crippen LogP contribution in [0.15, 0.2) is 58.5 Å². The Hall–Kier alpha value is -3.51. The SMILES string of the molecule is COc1ccc(-n2c(SC3CCC3)nc3c(c2=O)CN(C(=O)CNCCCCCOc2ccc(C(F)(F)F)cc2)CC3)cc1. The lowest BCUT2D eigenvalue weighted by molar-refractivity contribution is -0.137. The summed E-state index contributed by atoms with van der Waals surface area (Å²) < 4.78 is 50.5. The maximum absolute atomic E-state index is 13.8. The Morgan fingerprint density at radius 3 is 2.43 bits per heavy atom. The van der Waals surface area contributed by atoms with E-state index in [0.717, 1.165) is 55.6 Å². The Morgan fingerprint density at radius 2 is 1.77 bits per heavy atom. The van der Waals surface area contributed by atoms with Crippen LogP contribution in [-0.4, -0.2) is 59.0 Å². The molecule has 0 spiro atoms. The van der Waals surface area contributed by atoms with Gasteiger partial charge in [-0.2, -0.15) is 13.2 Å². The van der Waals surface area contributed by atoms with Crippen molar-refractivity contribution >= 4 is 17.7 Å². The average Bonchev–Trinajstić information content (AvgIpc) is 3.00. The fraction of sp³-hybridized carbons (Fsp3) is 0.469. The number of alkyl halides is 3. The van der Waals surface area contributed by atoms with Crippen molar-refractivity contribution in [1.29, 1.82) is 0 Å². The van der Waals surface area contributed by atoms with Crippen molar-refractivity contribution in [3.63, 3.8) is 0 Å². The van der Waals surface area contributed by atoms with Gasteiger partial charge in [0, 0.05) is 18.2 Å². The zero-order valence-electron chi connectivity index (χ0n) is 24.7. The van der Waals surface area contributed by atoms with Crippen molar-refractivity contribution in [2.24, 2.45) is 0 Å². The van der Waals surface area contributed by atoms with Gasteiger partial charge in [-0.3, -0.25) is 14.2 Å². The molecule has 8 nitrogen and oxygen atoms in total. The summed E-state index contributed by atoms with van der Waals surface area (Å²) in [7, 11) is 1.60. The lowest BCUT2D eigenvalue weighted by Crippen LogP contribution is -2.44. The van der Waals surface area contributed by atoms with E-state index in [1.807, 2.05) is 24.3 Å². The Bertz CT molecular complexity index is 1480. The van der Waals surface area contributed by atoms with E-state index in [0.29, 0.717) is 53.6 Å². The zero-order chi connectivity index (χ0) is 31.1. The van der Waals surface area contributed by atoms with Crippen LogP contribution in [0.4, 0.5) is 13.2 Å². The van der Waals surface area contributed by atoms with Crippen LogP contribution in [0, 0.1) is 0 Å². The number of unbranched alkanes of at least 4 members (excludes halogenated alkanes) is 2. The smallest absolute Gasteiger partial charge is 0.416 e. The second-order valence-electron chi connectivity index (χ2n) is 11.0. The molecule has 5 rings (SSSR count). The number of amides is 1. The number of halogens is 3. The molecule has 1 fully saturated rings. The van der Waals surface area contributed by atoms with Crippen molar-refractivity contribution in [3.8, 4) is 17.2 Å². The van der Waals surface area contributed by atoms with Gasteiger partial charge < -0.3 is 19.7 Å². The molecule has 0 radical (unpaired) electrons. The molecule has 1 amide bonds. The van der Waals surface area contributed by atoms with Crippen LogP contribution in [0.2, 0.25) is 0 Å². The quantitative estimate of drug-likeness (QED) is 0.194. The summed E-state index contributed by atoms with van der Waals surface area (Å²) >= 11 is 1.66. The highest BCUT2D eigenvalue weighted by Crippen LogP contribution is 2.36. The molecule has 0 atom stereocenters. The third kappa shape index (κ3) is 7.95. The molecule has 2 heterocycles. The van der Waals surface area contributed by atoms with E-state index in [-0.39, 0.29) is 24.6 Å². The molecule has 1 aliphatic heterocycles. The van der Waals surface area contributed by atoms with Gasteiger partial charge in [-0.1, -0.05) is 18.2 Å². The van der Waals surface area contributed by atoms with E-state index in [9.17, 15) is 22.8 Å². The first-order chi connectivity index (χ1) is 21.2. The minimum Gasteiger partial charge on any atom is -0.497 e. The Morgan fingerprint density at radius 1 is 1.05 bits per heavy atom. The minimum absolute atomic E-state index is 0.0652. The Kier molecular flexibility index (Phi) is 10.5. The summed E-state index contributed by atoms with van der Waals surface area (Å²) in [6.45, 7) is 1.96. The second-order valence-corrected chi connectivity index (χ2v) is 12.3. The number of carbonyl (C=O) groups is 1. The number of hydrogen-bond donors (Lipinski definition) is 1. The molecule has 2 aromatic carbocycles. The largest absolute Gasteiger partial charge is 0.497 e. The Labute approximate surface area is 259 Å². The number of methoxy groups -OCH3 is 1. The lowest BCUT2D eigenvalue weighted by atomic mass is 10.0. The molecule has 12 heteroatoms. The highest BCUT2D eigenvalue weighted by Gasteiger charge is 2.30. The summed E-state index contributed by atoms with van der Waals surface area (Å²) in [6, 6.07) is 12.0. The highest BCUT2D eigenvalue weighted by molar-refractivity contribution is 7.99. The topological polar surface area (TPSA) is 85.7 Å². The maximum Gasteiger partial charge on any atom is 0.416 e. The van der Waals surface area contributed by atoms with E-state index in [4.69, 9.17) is 14.5 Å². The van der Waals surface area contributed by atoms with E-state index in [2.05, 4.69) is 5.32 Å². The first-order valence-electron chi connectivity index (χ1n) is 15.0. The molecule has 1 N–H and O–H groups in total. The third-order valence-electron chi connectivity index (χ3n) is 7.93. The molecule has 2 aliphatic rings. The van der Waals surface area contributed by atoms with Crippen molar-refractivity contribution in [3.05, 3.63) is 75.7 Å². The van der Waals surface area contributed by atoms with E-state index in [1.165, 1.54) is 18.6 Å². The molecular formula is C32H37F3N4O4S. The van der Waals surface area contributed by atoms with Gasteiger partial charge in [-0.05, 0) is 87.2 Å². The number of nitrogens with one attached hydrogen (secondary N) is 1. The molecular weight excluding hydrogens is 593 g/mol. The van der Waals surface area contributed by atoms with E-state index in [1.54, 1.807) is 28.3 Å². The van der Waals surface area contributed by atoms with Gasteiger partial charge in [-0.15, -0.1) is 0 Å². The van der Waals surface area contributed by atoms with Crippen LogP contribution in [0.3, 0.4) is 0 Å². The number of aromatic nitrogens is 2. The van der Waals surface area contributed by atoms with E-state index < -0.39 is 11.7 Å². The van der Waals surface area contributed by atoms with Crippen LogP contribution in [0.25, 0.3) is 5.69 Å². The molecule has 3 aromatic rings. The highest BCUT2D eigenvalue weighted by atomic mass is 32.2. The van der Waals surface area contributed by atoms with Crippen LogP contribution >= 0.6 is 11.8 Å². The fourth-order valence-corrected chi connectivity index (χ4v) is 6.43. The molecule has 0 saturated heterocycles. The first kappa shape index (κ1) is 31.9. The Balaban J connectivity index is 1.10. The summed E-state index contributed by atoms with van der Waals surface area (Å²) in [4.78, 5) is 33.5. The monoisotopic (exact) mass is 630 g/mol. The molecule has 1 saturated carbocycles. The van der Waals surface area contributed by atoms with E-state index >= 15 is 0 Å². The molecule has 0 bridgehead atoms. The molecule has 1 aliphatic carbocycles. The number of nitrogens with zero attached hydrogens (tertiary/aromatic N) is 3. The van der Waals surface area contributed by atoms with Gasteiger partial charge in [-0.25, -0.2) is 4.98 Å². The van der Waals surface area contributed by atoms with Gasteiger partial charge >= 0.3 is 6.18 Å². The molecule has 236 valence electrons. The van der Waals surface area contributed by atoms with Crippen LogP contribution < -0.4 is 20.3 Å². The van der Waals surface area contributed by atoms with Gasteiger partial charge in [0.2, 0.25) is 5.91 Å². The number of rotatable bonds is 13. The van der Waals surface area contributed by atoms with Gasteiger partial charge in [0.1, 0.15) is 11.5 Å². The summed E-state index contributed by atoms with van der Waals surface area (Å²) in [5.74, 6) is 1.05. The van der Waals surface area contributed by atoms with Crippen molar-refractivity contribution < 1.29 is 27.4 Å². The van der Waals surface area contributed by atoms with Gasteiger partial charge in [0.05, 0.1) is 49.3 Å². The van der Waals surface area contributed by atoms with Gasteiger partial charge in [0.15, 0.2) is 5.16 Å². The van der Waals surface area contributed by atoms with Crippen molar-refractivity contribution in [2.45, 2.75) is 68.1 Å². The fourth-order valence-electron chi connectivity index (χ4n) is 5.11. The average molecular weight is 631 g/mol. The summed E-state index contributed by atoms with van der Waals surface area (Å²) in [5.41, 5.74) is 1.23. The molecule has 1 aromatic heterocycles. The van der Waals surface area contributed by atoms with Crippen LogP contribution in [0.5, 0.6) is 11.5 Å². The van der Waals surface area contributed by atoms with Crippen LogP contribution in [0.1, 0.15) is 55.3 Å². The number of fused-ring (bicyclic) bond motifs is 1. The number of thioether (sulfide) groups is 1. The summed E-state index contributed by atoms with van der Waals surface area (Å²) in [6.07, 6.45) is 2.02. The van der Waals surface area contributed by atoms with Crippen molar-refractivity contribution in [2.75, 3.05) is 33.4 Å². The van der Waals surface area contributed by atoms with Crippen LogP contribution in [-0.2, 0) is 23.9 Å². The zero-order valence-corrected chi connectivity index (χ0v) is 25.5. The molecule has 44 heavy (non-hydrogen) atoms. The number of ether oxygens (including phenoxy) is 2. The first-order valence-corrected chi connectivity index (χ1v) is 15.9.